The minimum Gasteiger partial charge on any atom is -0.485 e. The van der Waals surface area contributed by atoms with Crippen molar-refractivity contribution in [1.29, 1.82) is 0 Å². The van der Waals surface area contributed by atoms with E-state index in [0.717, 1.165) is 10.9 Å². The zero-order chi connectivity index (χ0) is 18.0. The van der Waals surface area contributed by atoms with Crippen molar-refractivity contribution in [1.82, 2.24) is 0 Å². The number of carbonyl (C=O) groups excluding carboxylic acids is 1. The first-order chi connectivity index (χ1) is 12.0. The molecule has 0 bridgehead atoms. The van der Waals surface area contributed by atoms with Crippen LogP contribution in [0.15, 0.2) is 51.7 Å². The Labute approximate surface area is 143 Å². The fourth-order valence-electron chi connectivity index (χ4n) is 2.72. The van der Waals surface area contributed by atoms with Gasteiger partial charge in [-0.3, -0.25) is 4.79 Å². The maximum Gasteiger partial charge on any atom is 0.336 e. The van der Waals surface area contributed by atoms with Crippen LogP contribution in [0.4, 0.5) is 4.39 Å². The van der Waals surface area contributed by atoms with Crippen LogP contribution in [-0.2, 0) is 6.42 Å². The summed E-state index contributed by atoms with van der Waals surface area (Å²) in [6.45, 7) is 3.56. The highest BCUT2D eigenvalue weighted by Crippen LogP contribution is 2.28. The summed E-state index contributed by atoms with van der Waals surface area (Å²) in [5.41, 5.74) is 2.00. The van der Waals surface area contributed by atoms with Crippen LogP contribution in [-0.4, -0.2) is 12.4 Å². The van der Waals surface area contributed by atoms with Gasteiger partial charge in [-0.1, -0.05) is 6.92 Å². The monoisotopic (exact) mass is 340 g/mol. The van der Waals surface area contributed by atoms with Crippen molar-refractivity contribution in [3.63, 3.8) is 0 Å². The van der Waals surface area contributed by atoms with Crippen LogP contribution in [0.2, 0.25) is 0 Å². The maximum atomic E-state index is 12.9. The molecule has 0 atom stereocenters. The number of rotatable bonds is 5. The fraction of sp³-hybridized carbons (Fsp3) is 0.200. The Morgan fingerprint density at radius 3 is 2.56 bits per heavy atom. The molecule has 0 saturated carbocycles. The van der Waals surface area contributed by atoms with Crippen LogP contribution in [0.1, 0.15) is 28.4 Å². The second-order valence-electron chi connectivity index (χ2n) is 5.73. The van der Waals surface area contributed by atoms with E-state index in [0.29, 0.717) is 28.9 Å². The first kappa shape index (κ1) is 16.9. The van der Waals surface area contributed by atoms with Crippen molar-refractivity contribution in [2.24, 2.45) is 0 Å². The normalized spacial score (nSPS) is 10.8. The standard InChI is InChI=1S/C20H17FO4/c1-3-13-10-19(23)25-20-12(2)18(9-8-16(13)20)24-11-17(22)14-4-6-15(21)7-5-14/h4-10H,3,11H2,1-2H3. The molecule has 0 radical (unpaired) electrons. The molecule has 0 aliphatic carbocycles. The first-order valence-corrected chi connectivity index (χ1v) is 7.97. The number of aryl methyl sites for hydroxylation is 2. The molecule has 0 aliphatic rings. The average molecular weight is 340 g/mol. The summed E-state index contributed by atoms with van der Waals surface area (Å²) in [5.74, 6) is -0.188. The lowest BCUT2D eigenvalue weighted by Gasteiger charge is -2.11. The van der Waals surface area contributed by atoms with Gasteiger partial charge in [-0.25, -0.2) is 9.18 Å². The van der Waals surface area contributed by atoms with Crippen LogP contribution in [0, 0.1) is 12.7 Å². The molecular weight excluding hydrogens is 323 g/mol. The van der Waals surface area contributed by atoms with Gasteiger partial charge in [-0.05, 0) is 55.3 Å². The van der Waals surface area contributed by atoms with Gasteiger partial charge < -0.3 is 9.15 Å². The van der Waals surface area contributed by atoms with Crippen molar-refractivity contribution < 1.29 is 18.3 Å². The van der Waals surface area contributed by atoms with E-state index in [1.54, 1.807) is 13.0 Å². The third kappa shape index (κ3) is 3.45. The SMILES string of the molecule is CCc1cc(=O)oc2c(C)c(OCC(=O)c3ccc(F)cc3)ccc12. The molecule has 4 nitrogen and oxygen atoms in total. The number of Topliss-reactive ketones (excluding diaryl/α,β-unsaturated/α-hetero) is 1. The van der Waals surface area contributed by atoms with Gasteiger partial charge in [-0.2, -0.15) is 0 Å². The van der Waals surface area contributed by atoms with Gasteiger partial charge in [0.2, 0.25) is 0 Å². The van der Waals surface area contributed by atoms with Crippen molar-refractivity contribution in [2.45, 2.75) is 20.3 Å². The molecule has 0 saturated heterocycles. The molecule has 0 amide bonds. The Morgan fingerprint density at radius 1 is 1.16 bits per heavy atom. The average Bonchev–Trinajstić information content (AvgIpc) is 2.61. The van der Waals surface area contributed by atoms with Crippen molar-refractivity contribution in [2.75, 3.05) is 6.61 Å². The lowest BCUT2D eigenvalue weighted by molar-refractivity contribution is 0.0921. The lowest BCUT2D eigenvalue weighted by atomic mass is 10.0. The van der Waals surface area contributed by atoms with Crippen molar-refractivity contribution in [3.05, 3.63) is 75.4 Å². The number of ether oxygens (including phenoxy) is 1. The molecule has 0 fully saturated rings. The van der Waals surface area contributed by atoms with Crippen LogP contribution in [0.3, 0.4) is 0 Å². The topological polar surface area (TPSA) is 56.5 Å². The number of hydrogen-bond donors (Lipinski definition) is 0. The molecule has 3 aromatic rings. The van der Waals surface area contributed by atoms with Crippen LogP contribution < -0.4 is 10.4 Å². The van der Waals surface area contributed by atoms with Crippen molar-refractivity contribution in [3.8, 4) is 5.75 Å². The zero-order valence-corrected chi connectivity index (χ0v) is 14.0. The molecule has 1 heterocycles. The van der Waals surface area contributed by atoms with Gasteiger partial charge in [0.1, 0.15) is 17.1 Å². The molecule has 0 spiro atoms. The molecule has 0 N–H and O–H groups in total. The van der Waals surface area contributed by atoms with Gasteiger partial charge >= 0.3 is 5.63 Å². The summed E-state index contributed by atoms with van der Waals surface area (Å²) in [5, 5.41) is 0.858. The Kier molecular flexibility index (Phi) is 4.65. The summed E-state index contributed by atoms with van der Waals surface area (Å²) >= 11 is 0. The van der Waals surface area contributed by atoms with E-state index >= 15 is 0 Å². The summed E-state index contributed by atoms with van der Waals surface area (Å²) in [7, 11) is 0. The highest BCUT2D eigenvalue weighted by Gasteiger charge is 2.13. The molecule has 0 unspecified atom stereocenters. The summed E-state index contributed by atoms with van der Waals surface area (Å²) < 4.78 is 23.8. The molecule has 128 valence electrons. The number of ketones is 1. The van der Waals surface area contributed by atoms with E-state index in [1.807, 2.05) is 13.0 Å². The van der Waals surface area contributed by atoms with Gasteiger partial charge in [0.25, 0.3) is 0 Å². The van der Waals surface area contributed by atoms with Gasteiger partial charge in [0.15, 0.2) is 12.4 Å². The van der Waals surface area contributed by atoms with E-state index in [-0.39, 0.29) is 12.4 Å². The summed E-state index contributed by atoms with van der Waals surface area (Å²) in [6.07, 6.45) is 0.713. The van der Waals surface area contributed by atoms with E-state index in [4.69, 9.17) is 9.15 Å². The molecule has 0 aliphatic heterocycles. The second kappa shape index (κ2) is 6.89. The first-order valence-electron chi connectivity index (χ1n) is 7.97. The smallest absolute Gasteiger partial charge is 0.336 e. The van der Waals surface area contributed by atoms with Crippen LogP contribution in [0.5, 0.6) is 5.75 Å². The number of fused-ring (bicyclic) bond motifs is 1. The highest BCUT2D eigenvalue weighted by atomic mass is 19.1. The highest BCUT2D eigenvalue weighted by molar-refractivity contribution is 5.97. The van der Waals surface area contributed by atoms with Crippen LogP contribution >= 0.6 is 0 Å². The van der Waals surface area contributed by atoms with Gasteiger partial charge in [0, 0.05) is 22.6 Å². The van der Waals surface area contributed by atoms with Gasteiger partial charge in [-0.15, -0.1) is 0 Å². The molecule has 3 rings (SSSR count). The largest absolute Gasteiger partial charge is 0.485 e. The van der Waals surface area contributed by atoms with Crippen LogP contribution in [0.25, 0.3) is 11.0 Å². The fourth-order valence-corrected chi connectivity index (χ4v) is 2.72. The predicted octanol–water partition coefficient (Wildman–Crippen LogP) is 4.06. The van der Waals surface area contributed by atoms with Gasteiger partial charge in [0.05, 0.1) is 0 Å². The third-order valence-corrected chi connectivity index (χ3v) is 4.10. The number of hydrogen-bond acceptors (Lipinski definition) is 4. The lowest BCUT2D eigenvalue weighted by Crippen LogP contribution is -2.12. The zero-order valence-electron chi connectivity index (χ0n) is 14.0. The molecule has 5 heteroatoms. The molecular formula is C20H17FO4. The third-order valence-electron chi connectivity index (χ3n) is 4.10. The van der Waals surface area contributed by atoms with E-state index in [2.05, 4.69) is 0 Å². The summed E-state index contributed by atoms with van der Waals surface area (Å²) in [6, 6.07) is 10.4. The van der Waals surface area contributed by atoms with E-state index < -0.39 is 11.4 Å². The maximum absolute atomic E-state index is 12.9. The molecule has 2 aromatic carbocycles. The van der Waals surface area contributed by atoms with Crippen molar-refractivity contribution >= 4 is 16.8 Å². The molecule has 25 heavy (non-hydrogen) atoms. The number of carbonyl (C=O) groups is 1. The van der Waals surface area contributed by atoms with E-state index in [9.17, 15) is 14.0 Å². The number of halogens is 1. The number of benzene rings is 2. The second-order valence-corrected chi connectivity index (χ2v) is 5.73. The minimum absolute atomic E-state index is 0.185. The Bertz CT molecular complexity index is 987. The quantitative estimate of drug-likeness (QED) is 0.519. The Morgan fingerprint density at radius 2 is 1.88 bits per heavy atom. The minimum atomic E-state index is -0.410. The molecule has 1 aromatic heterocycles. The van der Waals surface area contributed by atoms with E-state index in [1.165, 1.54) is 30.3 Å². The predicted molar refractivity (Wildman–Crippen MR) is 92.8 cm³/mol. The Hall–Kier alpha value is -2.95. The Balaban J connectivity index is 1.87. The summed E-state index contributed by atoms with van der Waals surface area (Å²) in [4.78, 5) is 23.9.